The summed E-state index contributed by atoms with van der Waals surface area (Å²) in [6, 6.07) is 12.8. The van der Waals surface area contributed by atoms with Crippen LogP contribution in [-0.2, 0) is 6.54 Å². The Morgan fingerprint density at radius 1 is 1.24 bits per heavy atom. The molecule has 0 aliphatic carbocycles. The van der Waals surface area contributed by atoms with E-state index in [-0.39, 0.29) is 5.91 Å². The van der Waals surface area contributed by atoms with Gasteiger partial charge in [-0.2, -0.15) is 0 Å². The van der Waals surface area contributed by atoms with E-state index in [0.29, 0.717) is 17.9 Å². The molecule has 3 rings (SSSR count). The summed E-state index contributed by atoms with van der Waals surface area (Å²) in [4.78, 5) is 16.3. The minimum absolute atomic E-state index is 0.113. The van der Waals surface area contributed by atoms with Crippen molar-refractivity contribution in [3.8, 4) is 11.5 Å². The Bertz CT molecular complexity index is 746. The van der Waals surface area contributed by atoms with E-state index in [1.54, 1.807) is 23.5 Å². The Labute approximate surface area is 126 Å². The average Bonchev–Trinajstić information content (AvgIpc) is 3.14. The molecular formula is C16H14N2O2S. The van der Waals surface area contributed by atoms with Crippen molar-refractivity contribution in [2.45, 2.75) is 13.5 Å². The molecule has 4 nitrogen and oxygen atoms in total. The lowest BCUT2D eigenvalue weighted by atomic mass is 10.2. The molecule has 106 valence electrons. The average molecular weight is 298 g/mol. The molecule has 0 aliphatic heterocycles. The van der Waals surface area contributed by atoms with E-state index in [0.717, 1.165) is 16.5 Å². The van der Waals surface area contributed by atoms with Crippen molar-refractivity contribution in [3.63, 3.8) is 0 Å². The molecule has 0 saturated heterocycles. The monoisotopic (exact) mass is 298 g/mol. The maximum absolute atomic E-state index is 11.9. The highest BCUT2D eigenvalue weighted by molar-refractivity contribution is 7.09. The second-order valence-electron chi connectivity index (χ2n) is 4.57. The fourth-order valence-corrected chi connectivity index (χ4v) is 2.55. The molecule has 0 atom stereocenters. The molecule has 1 amide bonds. The van der Waals surface area contributed by atoms with Crippen LogP contribution < -0.4 is 5.32 Å². The summed E-state index contributed by atoms with van der Waals surface area (Å²) in [6.07, 6.45) is 0. The number of carbonyl (C=O) groups is 1. The lowest BCUT2D eigenvalue weighted by Gasteiger charge is -2.02. The van der Waals surface area contributed by atoms with Gasteiger partial charge in [0.25, 0.3) is 5.91 Å². The molecular weight excluding hydrogens is 284 g/mol. The number of furan rings is 1. The maximum Gasteiger partial charge on any atom is 0.251 e. The van der Waals surface area contributed by atoms with E-state index in [4.69, 9.17) is 4.42 Å². The fourth-order valence-electron chi connectivity index (χ4n) is 1.95. The van der Waals surface area contributed by atoms with E-state index in [2.05, 4.69) is 10.3 Å². The number of thiazole rings is 1. The molecule has 0 radical (unpaired) electrons. The van der Waals surface area contributed by atoms with Gasteiger partial charge in [-0.15, -0.1) is 11.3 Å². The first kappa shape index (κ1) is 13.6. The topological polar surface area (TPSA) is 55.1 Å². The van der Waals surface area contributed by atoms with Crippen molar-refractivity contribution in [3.05, 3.63) is 64.2 Å². The van der Waals surface area contributed by atoms with E-state index >= 15 is 0 Å². The second-order valence-corrected chi connectivity index (χ2v) is 5.63. The highest BCUT2D eigenvalue weighted by Crippen LogP contribution is 2.23. The first-order valence-electron chi connectivity index (χ1n) is 6.57. The Morgan fingerprint density at radius 3 is 2.76 bits per heavy atom. The van der Waals surface area contributed by atoms with Gasteiger partial charge in [0, 0.05) is 10.9 Å². The standard InChI is InChI=1S/C16H14N2O2S/c1-11-18-14(10-21-11)15-8-7-13(20-15)9-17-16(19)12-5-3-2-4-6-12/h2-8,10H,9H2,1H3,(H,17,19). The molecule has 21 heavy (non-hydrogen) atoms. The number of hydrogen-bond donors (Lipinski definition) is 1. The van der Waals surface area contributed by atoms with Crippen LogP contribution in [-0.4, -0.2) is 10.9 Å². The van der Waals surface area contributed by atoms with Crippen LogP contribution in [0.3, 0.4) is 0 Å². The van der Waals surface area contributed by atoms with Gasteiger partial charge < -0.3 is 9.73 Å². The summed E-state index contributed by atoms with van der Waals surface area (Å²) >= 11 is 1.58. The van der Waals surface area contributed by atoms with Crippen LogP contribution in [0.25, 0.3) is 11.5 Å². The van der Waals surface area contributed by atoms with Gasteiger partial charge in [0.05, 0.1) is 11.6 Å². The van der Waals surface area contributed by atoms with Crippen molar-refractivity contribution in [2.24, 2.45) is 0 Å². The van der Waals surface area contributed by atoms with Gasteiger partial charge in [0.15, 0.2) is 5.76 Å². The number of rotatable bonds is 4. The SMILES string of the molecule is Cc1nc(-c2ccc(CNC(=O)c3ccccc3)o2)cs1. The van der Waals surface area contributed by atoms with Crippen molar-refractivity contribution in [1.82, 2.24) is 10.3 Å². The summed E-state index contributed by atoms with van der Waals surface area (Å²) in [6.45, 7) is 2.31. The van der Waals surface area contributed by atoms with Crippen LogP contribution >= 0.6 is 11.3 Å². The normalized spacial score (nSPS) is 10.5. The number of aryl methyl sites for hydroxylation is 1. The van der Waals surface area contributed by atoms with Gasteiger partial charge in [-0.05, 0) is 31.2 Å². The summed E-state index contributed by atoms with van der Waals surface area (Å²) in [5.41, 5.74) is 1.47. The van der Waals surface area contributed by atoms with Gasteiger partial charge in [0.1, 0.15) is 11.5 Å². The van der Waals surface area contributed by atoms with Gasteiger partial charge >= 0.3 is 0 Å². The highest BCUT2D eigenvalue weighted by atomic mass is 32.1. The third-order valence-electron chi connectivity index (χ3n) is 2.99. The number of amides is 1. The van der Waals surface area contributed by atoms with Crippen LogP contribution in [0.5, 0.6) is 0 Å². The van der Waals surface area contributed by atoms with Crippen molar-refractivity contribution in [1.29, 1.82) is 0 Å². The molecule has 0 fully saturated rings. The largest absolute Gasteiger partial charge is 0.458 e. The van der Waals surface area contributed by atoms with E-state index in [9.17, 15) is 4.79 Å². The quantitative estimate of drug-likeness (QED) is 0.800. The summed E-state index contributed by atoms with van der Waals surface area (Å²) in [7, 11) is 0. The van der Waals surface area contributed by atoms with E-state index in [1.165, 1.54) is 0 Å². The Kier molecular flexibility index (Phi) is 3.83. The Balaban J connectivity index is 1.64. The molecule has 1 aromatic carbocycles. The van der Waals surface area contributed by atoms with Crippen LogP contribution in [0.15, 0.2) is 52.3 Å². The number of benzene rings is 1. The van der Waals surface area contributed by atoms with Crippen LogP contribution in [0.1, 0.15) is 21.1 Å². The number of nitrogens with one attached hydrogen (secondary N) is 1. The van der Waals surface area contributed by atoms with E-state index in [1.807, 2.05) is 42.6 Å². The molecule has 0 aliphatic rings. The van der Waals surface area contributed by atoms with Crippen molar-refractivity contribution in [2.75, 3.05) is 0 Å². The molecule has 2 aromatic heterocycles. The molecule has 0 bridgehead atoms. The van der Waals surface area contributed by atoms with Gasteiger partial charge in [-0.3, -0.25) is 4.79 Å². The van der Waals surface area contributed by atoms with Crippen molar-refractivity contribution >= 4 is 17.2 Å². The van der Waals surface area contributed by atoms with Gasteiger partial charge in [-0.1, -0.05) is 18.2 Å². The van der Waals surface area contributed by atoms with Crippen molar-refractivity contribution < 1.29 is 9.21 Å². The molecule has 0 saturated carbocycles. The van der Waals surface area contributed by atoms with Crippen LogP contribution in [0.4, 0.5) is 0 Å². The van der Waals surface area contributed by atoms with Crippen LogP contribution in [0, 0.1) is 6.92 Å². The number of carbonyl (C=O) groups excluding carboxylic acids is 1. The summed E-state index contributed by atoms with van der Waals surface area (Å²) in [5, 5.41) is 5.79. The Hall–Kier alpha value is -2.40. The molecule has 1 N–H and O–H groups in total. The third kappa shape index (κ3) is 3.20. The van der Waals surface area contributed by atoms with Gasteiger partial charge in [-0.25, -0.2) is 4.98 Å². The van der Waals surface area contributed by atoms with Crippen LogP contribution in [0.2, 0.25) is 0 Å². The lowest BCUT2D eigenvalue weighted by molar-refractivity contribution is 0.0948. The highest BCUT2D eigenvalue weighted by Gasteiger charge is 2.09. The zero-order valence-corrected chi connectivity index (χ0v) is 12.3. The molecule has 0 unspecified atom stereocenters. The summed E-state index contributed by atoms with van der Waals surface area (Å²) in [5.74, 6) is 1.32. The number of nitrogens with zero attached hydrogens (tertiary/aromatic N) is 1. The molecule has 3 aromatic rings. The second kappa shape index (κ2) is 5.93. The minimum atomic E-state index is -0.113. The lowest BCUT2D eigenvalue weighted by Crippen LogP contribution is -2.22. The smallest absolute Gasteiger partial charge is 0.251 e. The Morgan fingerprint density at radius 2 is 2.05 bits per heavy atom. The maximum atomic E-state index is 11.9. The minimum Gasteiger partial charge on any atom is -0.458 e. The number of hydrogen-bond acceptors (Lipinski definition) is 4. The molecule has 5 heteroatoms. The summed E-state index contributed by atoms with van der Waals surface area (Å²) < 4.78 is 5.70. The molecule has 2 heterocycles. The first-order valence-corrected chi connectivity index (χ1v) is 7.45. The predicted molar refractivity (Wildman–Crippen MR) is 82.2 cm³/mol. The fraction of sp³-hybridized carbons (Fsp3) is 0.125. The predicted octanol–water partition coefficient (Wildman–Crippen LogP) is 3.64. The molecule has 0 spiro atoms. The van der Waals surface area contributed by atoms with Gasteiger partial charge in [0.2, 0.25) is 0 Å². The zero-order chi connectivity index (χ0) is 14.7. The first-order chi connectivity index (χ1) is 10.2. The van der Waals surface area contributed by atoms with E-state index < -0.39 is 0 Å². The zero-order valence-electron chi connectivity index (χ0n) is 11.5. The third-order valence-corrected chi connectivity index (χ3v) is 3.77. The number of aromatic nitrogens is 1.